The molecule has 0 saturated carbocycles. The third-order valence-corrected chi connectivity index (χ3v) is 14.6. The van der Waals surface area contributed by atoms with E-state index in [2.05, 4.69) is 48.6 Å². The Balaban J connectivity index is 0.000000876. The third kappa shape index (κ3) is 10.8. The number of hydrogen-bond acceptors (Lipinski definition) is 12. The van der Waals surface area contributed by atoms with Crippen molar-refractivity contribution in [2.24, 2.45) is 10.9 Å². The summed E-state index contributed by atoms with van der Waals surface area (Å²) in [5.74, 6) is -0.477. The maximum Gasteiger partial charge on any atom is 0.490 e. The largest absolute Gasteiger partial charge is 0.508 e. The number of carbonyl (C=O) groups excluding carboxylic acids is 1. The number of nitrogens with zero attached hydrogens (tertiary/aromatic N) is 9. The zero-order chi connectivity index (χ0) is 50.0. The van der Waals surface area contributed by atoms with Crippen LogP contribution in [0.25, 0.3) is 22.1 Å². The molecule has 3 aliphatic heterocycles. The van der Waals surface area contributed by atoms with Crippen molar-refractivity contribution in [2.45, 2.75) is 78.6 Å². The average molecular weight is 1000 g/mol. The Kier molecular flexibility index (Phi) is 15.0. The molecule has 21 heteroatoms. The van der Waals surface area contributed by atoms with Crippen molar-refractivity contribution < 1.29 is 38.1 Å². The summed E-state index contributed by atoms with van der Waals surface area (Å²) in [5.41, 5.74) is 6.49. The van der Waals surface area contributed by atoms with Gasteiger partial charge < -0.3 is 25.1 Å². The molecule has 2 fully saturated rings. The highest BCUT2D eigenvalue weighted by Crippen LogP contribution is 2.40. The van der Waals surface area contributed by atoms with Gasteiger partial charge in [-0.15, -0.1) is 21.5 Å². The number of carbonyl (C=O) groups is 2. The summed E-state index contributed by atoms with van der Waals surface area (Å²) in [5, 5.41) is 45.6. The first kappa shape index (κ1) is 50.1. The maximum atomic E-state index is 14.1. The minimum Gasteiger partial charge on any atom is -0.508 e. The van der Waals surface area contributed by atoms with Crippen LogP contribution < -0.4 is 5.69 Å². The molecule has 4 N–H and O–H groups in total. The zero-order valence-electron chi connectivity index (χ0n) is 39.1. The van der Waals surface area contributed by atoms with E-state index >= 15 is 0 Å². The average Bonchev–Trinajstić information content (AvgIpc) is 3.97. The van der Waals surface area contributed by atoms with Gasteiger partial charge >= 0.3 is 17.8 Å². The van der Waals surface area contributed by atoms with Crippen LogP contribution >= 0.6 is 22.9 Å². The van der Waals surface area contributed by atoms with Crippen LogP contribution in [0.3, 0.4) is 0 Å². The number of phenols is 2. The first-order chi connectivity index (χ1) is 33.4. The zero-order valence-corrected chi connectivity index (χ0v) is 40.7. The Bertz CT molecular complexity index is 2950. The number of aromatic hydroxyl groups is 2. The van der Waals surface area contributed by atoms with Gasteiger partial charge in [0, 0.05) is 79.5 Å². The Labute approximate surface area is 410 Å². The number of piperazine rings is 1. The van der Waals surface area contributed by atoms with Crippen molar-refractivity contribution in [3.63, 3.8) is 0 Å². The van der Waals surface area contributed by atoms with Crippen LogP contribution in [0.4, 0.5) is 13.2 Å². The first-order valence-electron chi connectivity index (χ1n) is 23.1. The first-order valence-corrected chi connectivity index (χ1v) is 24.3. The molecule has 1 amide bonds. The minimum absolute atomic E-state index is 0.0236. The number of H-pyrrole nitrogens is 1. The number of hydrogen-bond donors (Lipinski definition) is 4. The Morgan fingerprint density at radius 1 is 0.886 bits per heavy atom. The van der Waals surface area contributed by atoms with Crippen molar-refractivity contribution >= 4 is 40.5 Å². The molecule has 3 aliphatic rings. The van der Waals surface area contributed by atoms with E-state index in [-0.39, 0.29) is 29.7 Å². The number of benzene rings is 3. The fourth-order valence-electron chi connectivity index (χ4n) is 9.28. The number of piperidine rings is 1. The lowest BCUT2D eigenvalue weighted by Crippen LogP contribution is -2.48. The molecule has 0 unspecified atom stereocenters. The highest BCUT2D eigenvalue weighted by atomic mass is 35.5. The van der Waals surface area contributed by atoms with Gasteiger partial charge in [-0.2, -0.15) is 18.3 Å². The van der Waals surface area contributed by atoms with Crippen molar-refractivity contribution in [3.05, 3.63) is 121 Å². The van der Waals surface area contributed by atoms with Gasteiger partial charge in [-0.25, -0.2) is 19.3 Å². The molecule has 0 aliphatic carbocycles. The number of carboxylic acids is 1. The van der Waals surface area contributed by atoms with Gasteiger partial charge in [0.25, 0.3) is 0 Å². The number of aliphatic imine (C=N–C) groups is 1. The molecule has 9 rings (SSSR count). The molecule has 3 aromatic heterocycles. The summed E-state index contributed by atoms with van der Waals surface area (Å²) in [4.78, 5) is 49.4. The molecule has 370 valence electrons. The van der Waals surface area contributed by atoms with Crippen LogP contribution in [-0.4, -0.2) is 129 Å². The molecule has 70 heavy (non-hydrogen) atoms. The monoisotopic (exact) mass is 1000 g/mol. The maximum absolute atomic E-state index is 14.1. The summed E-state index contributed by atoms with van der Waals surface area (Å²) < 4.78 is 35.3. The van der Waals surface area contributed by atoms with E-state index in [9.17, 15) is 33.0 Å². The molecule has 6 heterocycles. The normalized spacial score (nSPS) is 16.8. The van der Waals surface area contributed by atoms with Crippen molar-refractivity contribution in [1.82, 2.24) is 44.2 Å². The number of rotatable bonds is 11. The number of alkyl halides is 3. The number of carboxylic acid groups (broad SMARTS) is 1. The lowest BCUT2D eigenvalue weighted by atomic mass is 9.95. The van der Waals surface area contributed by atoms with Crippen molar-refractivity contribution in [3.8, 4) is 33.6 Å². The van der Waals surface area contributed by atoms with Crippen LogP contribution in [-0.2, 0) is 22.6 Å². The highest BCUT2D eigenvalue weighted by molar-refractivity contribution is 7.15. The number of nitrogens with one attached hydrogen (secondary N) is 1. The summed E-state index contributed by atoms with van der Waals surface area (Å²) in [6.07, 6.45) is -1.46. The number of aromatic nitrogens is 6. The summed E-state index contributed by atoms with van der Waals surface area (Å²) in [7, 11) is 0. The summed E-state index contributed by atoms with van der Waals surface area (Å²) in [6.45, 7) is 15.4. The van der Waals surface area contributed by atoms with Gasteiger partial charge in [0.2, 0.25) is 5.91 Å². The highest BCUT2D eigenvalue weighted by Gasteiger charge is 2.38. The summed E-state index contributed by atoms with van der Waals surface area (Å²) >= 11 is 8.00. The topological polar surface area (TPSA) is 198 Å². The number of halogens is 4. The second-order valence-corrected chi connectivity index (χ2v) is 19.6. The molecule has 16 nitrogen and oxygen atoms in total. The van der Waals surface area contributed by atoms with Gasteiger partial charge in [0.15, 0.2) is 11.6 Å². The smallest absolute Gasteiger partial charge is 0.490 e. The lowest BCUT2D eigenvalue weighted by Gasteiger charge is -2.39. The Morgan fingerprint density at radius 2 is 1.54 bits per heavy atom. The number of phenolic OH excluding ortho intramolecular Hbond substituents is 2. The molecule has 0 spiro atoms. The van der Waals surface area contributed by atoms with E-state index < -0.39 is 23.9 Å². The van der Waals surface area contributed by atoms with Gasteiger partial charge in [-0.05, 0) is 93.0 Å². The molecule has 3 aromatic carbocycles. The fraction of sp³-hybridized carbons (Fsp3) is 0.408. The molecular formula is C49H54ClF3N10O6S. The number of amides is 1. The van der Waals surface area contributed by atoms with Crippen LogP contribution in [0, 0.1) is 26.7 Å². The number of aliphatic carboxylic acids is 1. The van der Waals surface area contributed by atoms with E-state index in [1.165, 1.54) is 21.1 Å². The molecule has 1 atom stereocenters. The van der Waals surface area contributed by atoms with Crippen LogP contribution in [0.15, 0.2) is 70.5 Å². The number of likely N-dealkylation sites (tertiary alicyclic amines) is 1. The van der Waals surface area contributed by atoms with Crippen LogP contribution in [0.5, 0.6) is 11.5 Å². The Hall–Kier alpha value is -6.35. The fourth-order valence-corrected chi connectivity index (χ4v) is 10.6. The molecule has 0 bridgehead atoms. The number of aromatic amines is 1. The van der Waals surface area contributed by atoms with Crippen molar-refractivity contribution in [1.29, 1.82) is 0 Å². The number of thiophene rings is 1. The van der Waals surface area contributed by atoms with E-state index in [0.29, 0.717) is 40.0 Å². The molecule has 0 radical (unpaired) electrons. The van der Waals surface area contributed by atoms with Gasteiger partial charge in [0.1, 0.15) is 28.4 Å². The molecule has 6 aromatic rings. The van der Waals surface area contributed by atoms with E-state index in [4.69, 9.17) is 26.5 Å². The standard InChI is InChI=1S/C47H53ClN10O4S.C2HF3O2/c1-5-6-34-23-37(40(60)25-39(34)59)44-51-53-47(62)58(44)36-13-7-31(8-14-36)26-54-19-21-55(22-20-54)27-32-15-17-56(18-16-32)41(61)24-38-45-52-50-30(4)57(45)46-42(28(2)29(3)63-46)43(49-38)33-9-11-35(48)12-10-33;3-2(4,5)1(6)7/h7-14,23,25,32,38,59-60H,5-6,15-22,24,26-27H2,1-4H3,(H,53,62);(H,6,7)/t38-;/m0./s1. The van der Waals surface area contributed by atoms with Gasteiger partial charge in [-0.1, -0.05) is 49.2 Å². The number of aryl methyl sites for hydroxylation is 3. The predicted octanol–water partition coefficient (Wildman–Crippen LogP) is 7.78. The van der Waals surface area contributed by atoms with Gasteiger partial charge in [-0.3, -0.25) is 19.3 Å². The SMILES string of the molecule is CCCc1cc(-c2n[nH]c(=O)n2-c2ccc(CN3CCN(CC4CCN(C(=O)C[C@@H]5N=C(c6ccc(Cl)cc6)c6c(sc(C)c6C)-n6c(C)nnc65)CC4)CC3)cc2)c(O)cc1O.O=C(O)C(F)(F)F. The van der Waals surface area contributed by atoms with Crippen LogP contribution in [0.2, 0.25) is 5.02 Å². The molecule has 2 saturated heterocycles. The van der Waals surface area contributed by atoms with Crippen LogP contribution in [0.1, 0.15) is 83.0 Å². The van der Waals surface area contributed by atoms with E-state index in [1.807, 2.05) is 67.3 Å². The minimum atomic E-state index is -5.08. The van der Waals surface area contributed by atoms with E-state index in [1.54, 1.807) is 17.4 Å². The predicted molar refractivity (Wildman–Crippen MR) is 260 cm³/mol. The second kappa shape index (κ2) is 20.9. The van der Waals surface area contributed by atoms with Gasteiger partial charge in [0.05, 0.1) is 23.4 Å². The second-order valence-electron chi connectivity index (χ2n) is 17.9. The lowest BCUT2D eigenvalue weighted by molar-refractivity contribution is -0.192. The third-order valence-electron chi connectivity index (χ3n) is 13.1. The summed E-state index contributed by atoms with van der Waals surface area (Å²) in [6, 6.07) is 18.2. The number of fused-ring (bicyclic) bond motifs is 3. The Morgan fingerprint density at radius 3 is 2.19 bits per heavy atom. The van der Waals surface area contributed by atoms with E-state index in [0.717, 1.165) is 105 Å². The van der Waals surface area contributed by atoms with Crippen molar-refractivity contribution in [2.75, 3.05) is 45.8 Å². The quantitative estimate of drug-likeness (QED) is 0.0989. The molecular weight excluding hydrogens is 949 g/mol.